The first kappa shape index (κ1) is 13.5. The Morgan fingerprint density at radius 3 is 3.22 bits per heavy atom. The van der Waals surface area contributed by atoms with Crippen LogP contribution in [0.3, 0.4) is 0 Å². The Bertz CT molecular complexity index is 366. The second-order valence-electron chi connectivity index (χ2n) is 4.45. The van der Waals surface area contributed by atoms with Crippen molar-refractivity contribution in [3.8, 4) is 0 Å². The van der Waals surface area contributed by atoms with Crippen LogP contribution in [0.1, 0.15) is 17.7 Å². The molecule has 1 aromatic rings. The van der Waals surface area contributed by atoms with E-state index in [1.165, 1.54) is 4.88 Å². The lowest BCUT2D eigenvalue weighted by Crippen LogP contribution is -2.46. The third kappa shape index (κ3) is 3.80. The number of ether oxygens (including phenoxy) is 1. The van der Waals surface area contributed by atoms with Crippen molar-refractivity contribution in [3.05, 3.63) is 22.4 Å². The number of aryl methyl sites for hydroxylation is 1. The number of hydrogen-bond acceptors (Lipinski definition) is 4. The highest BCUT2D eigenvalue weighted by molar-refractivity contribution is 7.09. The van der Waals surface area contributed by atoms with Crippen LogP contribution < -0.4 is 0 Å². The summed E-state index contributed by atoms with van der Waals surface area (Å²) in [6, 6.07) is 4.14. The molecule has 1 atom stereocenters. The van der Waals surface area contributed by atoms with Gasteiger partial charge in [-0.15, -0.1) is 11.3 Å². The largest absolute Gasteiger partial charge is 0.394 e. The summed E-state index contributed by atoms with van der Waals surface area (Å²) in [4.78, 5) is 15.1. The lowest BCUT2D eigenvalue weighted by atomic mass is 10.2. The summed E-state index contributed by atoms with van der Waals surface area (Å²) in [6.45, 7) is 1.68. The van der Waals surface area contributed by atoms with Gasteiger partial charge in [-0.25, -0.2) is 0 Å². The molecule has 0 spiro atoms. The number of aliphatic hydroxyl groups excluding tert-OH is 1. The SMILES string of the molecule is O=C(CCCc1cccs1)N1CCOC(CO)C1. The zero-order chi connectivity index (χ0) is 12.8. The van der Waals surface area contributed by atoms with Crippen LogP contribution in [0, 0.1) is 0 Å². The van der Waals surface area contributed by atoms with Crippen LogP contribution in [0.5, 0.6) is 0 Å². The first-order valence-corrected chi connectivity index (χ1v) is 7.20. The molecular formula is C13H19NO3S. The molecule has 18 heavy (non-hydrogen) atoms. The van der Waals surface area contributed by atoms with Gasteiger partial charge in [0.2, 0.25) is 5.91 Å². The third-order valence-electron chi connectivity index (χ3n) is 3.09. The minimum atomic E-state index is -0.208. The predicted octanol–water partition coefficient (Wildman–Crippen LogP) is 1.29. The van der Waals surface area contributed by atoms with Crippen LogP contribution in [-0.4, -0.2) is 48.3 Å². The van der Waals surface area contributed by atoms with Gasteiger partial charge >= 0.3 is 0 Å². The van der Waals surface area contributed by atoms with Crippen LogP contribution in [0.15, 0.2) is 17.5 Å². The number of carbonyl (C=O) groups is 1. The van der Waals surface area contributed by atoms with E-state index in [-0.39, 0.29) is 18.6 Å². The minimum Gasteiger partial charge on any atom is -0.394 e. The van der Waals surface area contributed by atoms with E-state index in [1.807, 2.05) is 6.07 Å². The molecule has 1 unspecified atom stereocenters. The van der Waals surface area contributed by atoms with Crippen molar-refractivity contribution in [2.24, 2.45) is 0 Å². The summed E-state index contributed by atoms with van der Waals surface area (Å²) in [6.07, 6.45) is 2.23. The standard InChI is InChI=1S/C13H19NO3S/c15-10-11-9-14(6-7-17-11)13(16)5-1-3-12-4-2-8-18-12/h2,4,8,11,15H,1,3,5-7,9-10H2. The van der Waals surface area contributed by atoms with Crippen LogP contribution in [0.25, 0.3) is 0 Å². The molecule has 100 valence electrons. The Labute approximate surface area is 111 Å². The zero-order valence-corrected chi connectivity index (χ0v) is 11.2. The minimum absolute atomic E-state index is 0.0149. The van der Waals surface area contributed by atoms with E-state index in [9.17, 15) is 4.79 Å². The molecule has 4 nitrogen and oxygen atoms in total. The van der Waals surface area contributed by atoms with E-state index in [1.54, 1.807) is 16.2 Å². The topological polar surface area (TPSA) is 49.8 Å². The van der Waals surface area contributed by atoms with Gasteiger partial charge in [-0.05, 0) is 24.3 Å². The molecule has 1 aliphatic rings. The third-order valence-corrected chi connectivity index (χ3v) is 4.03. The molecule has 0 aromatic carbocycles. The lowest BCUT2D eigenvalue weighted by molar-refractivity contribution is -0.140. The number of nitrogens with zero attached hydrogens (tertiary/aromatic N) is 1. The Balaban J connectivity index is 1.70. The highest BCUT2D eigenvalue weighted by Crippen LogP contribution is 2.13. The van der Waals surface area contributed by atoms with Gasteiger partial charge < -0.3 is 14.7 Å². The van der Waals surface area contributed by atoms with Gasteiger partial charge in [0, 0.05) is 24.4 Å². The summed E-state index contributed by atoms with van der Waals surface area (Å²) >= 11 is 1.74. The Kier molecular flexibility index (Phi) is 5.16. The van der Waals surface area contributed by atoms with E-state index >= 15 is 0 Å². The number of rotatable bonds is 5. The fraction of sp³-hybridized carbons (Fsp3) is 0.615. The first-order valence-electron chi connectivity index (χ1n) is 6.32. The van der Waals surface area contributed by atoms with Crippen molar-refractivity contribution >= 4 is 17.2 Å². The molecule has 1 aromatic heterocycles. The van der Waals surface area contributed by atoms with Crippen molar-refractivity contribution in [1.29, 1.82) is 0 Å². The molecule has 0 radical (unpaired) electrons. The predicted molar refractivity (Wildman–Crippen MR) is 70.7 cm³/mol. The van der Waals surface area contributed by atoms with E-state index in [0.717, 1.165) is 12.8 Å². The van der Waals surface area contributed by atoms with Crippen molar-refractivity contribution in [2.75, 3.05) is 26.3 Å². The quantitative estimate of drug-likeness (QED) is 0.876. The highest BCUT2D eigenvalue weighted by atomic mass is 32.1. The first-order chi connectivity index (χ1) is 8.79. The number of aliphatic hydroxyl groups is 1. The second-order valence-corrected chi connectivity index (χ2v) is 5.48. The molecule has 1 aliphatic heterocycles. The van der Waals surface area contributed by atoms with Gasteiger partial charge in [0.15, 0.2) is 0 Å². The molecule has 0 aliphatic carbocycles. The smallest absolute Gasteiger partial charge is 0.222 e. The molecule has 2 heterocycles. The fourth-order valence-corrected chi connectivity index (χ4v) is 2.83. The molecule has 1 N–H and O–H groups in total. The molecule has 0 saturated carbocycles. The monoisotopic (exact) mass is 269 g/mol. The van der Waals surface area contributed by atoms with Gasteiger partial charge in [0.05, 0.1) is 19.3 Å². The molecule has 1 fully saturated rings. The maximum Gasteiger partial charge on any atom is 0.222 e. The van der Waals surface area contributed by atoms with Gasteiger partial charge in [-0.3, -0.25) is 4.79 Å². The molecule has 5 heteroatoms. The van der Waals surface area contributed by atoms with E-state index in [0.29, 0.717) is 26.1 Å². The van der Waals surface area contributed by atoms with Crippen molar-refractivity contribution in [3.63, 3.8) is 0 Å². The van der Waals surface area contributed by atoms with Crippen molar-refractivity contribution < 1.29 is 14.6 Å². The van der Waals surface area contributed by atoms with E-state index in [4.69, 9.17) is 9.84 Å². The summed E-state index contributed by atoms with van der Waals surface area (Å²) < 4.78 is 5.33. The number of thiophene rings is 1. The van der Waals surface area contributed by atoms with Crippen molar-refractivity contribution in [2.45, 2.75) is 25.4 Å². The Morgan fingerprint density at radius 2 is 2.50 bits per heavy atom. The van der Waals surface area contributed by atoms with Gasteiger partial charge in [0.1, 0.15) is 0 Å². The van der Waals surface area contributed by atoms with Gasteiger partial charge in [0.25, 0.3) is 0 Å². The average Bonchev–Trinajstić information content (AvgIpc) is 2.92. The Morgan fingerprint density at radius 1 is 1.61 bits per heavy atom. The molecule has 2 rings (SSSR count). The zero-order valence-electron chi connectivity index (χ0n) is 10.4. The molecule has 1 saturated heterocycles. The fourth-order valence-electron chi connectivity index (χ4n) is 2.08. The normalized spacial score (nSPS) is 20.1. The Hall–Kier alpha value is -0.910. The number of carbonyl (C=O) groups excluding carboxylic acids is 1. The van der Waals surface area contributed by atoms with Gasteiger partial charge in [-0.2, -0.15) is 0 Å². The lowest BCUT2D eigenvalue weighted by Gasteiger charge is -2.32. The van der Waals surface area contributed by atoms with Crippen LogP contribution in [0.4, 0.5) is 0 Å². The highest BCUT2D eigenvalue weighted by Gasteiger charge is 2.23. The van der Waals surface area contributed by atoms with E-state index < -0.39 is 0 Å². The number of hydrogen-bond donors (Lipinski definition) is 1. The number of morpholine rings is 1. The van der Waals surface area contributed by atoms with E-state index in [2.05, 4.69) is 11.4 Å². The van der Waals surface area contributed by atoms with Crippen LogP contribution in [-0.2, 0) is 16.0 Å². The average molecular weight is 269 g/mol. The van der Waals surface area contributed by atoms with Gasteiger partial charge in [-0.1, -0.05) is 6.07 Å². The van der Waals surface area contributed by atoms with Crippen LogP contribution in [0.2, 0.25) is 0 Å². The summed E-state index contributed by atoms with van der Waals surface area (Å²) in [5, 5.41) is 11.1. The molecule has 0 bridgehead atoms. The van der Waals surface area contributed by atoms with Crippen LogP contribution >= 0.6 is 11.3 Å². The maximum absolute atomic E-state index is 12.0. The maximum atomic E-state index is 12.0. The molecule has 1 amide bonds. The number of amides is 1. The van der Waals surface area contributed by atoms with Crippen molar-refractivity contribution in [1.82, 2.24) is 4.90 Å². The summed E-state index contributed by atoms with van der Waals surface area (Å²) in [7, 11) is 0. The second kappa shape index (κ2) is 6.87. The summed E-state index contributed by atoms with van der Waals surface area (Å²) in [5.74, 6) is 0.174. The molecular weight excluding hydrogens is 250 g/mol. The summed E-state index contributed by atoms with van der Waals surface area (Å²) in [5.41, 5.74) is 0.